The number of para-hydroxylation sites is 1. The van der Waals surface area contributed by atoms with Crippen molar-refractivity contribution in [2.45, 2.75) is 38.3 Å². The number of aliphatic carboxylic acids is 1. The predicted molar refractivity (Wildman–Crippen MR) is 119 cm³/mol. The van der Waals surface area contributed by atoms with Crippen LogP contribution in [0.2, 0.25) is 5.02 Å². The summed E-state index contributed by atoms with van der Waals surface area (Å²) < 4.78 is 43.7. The lowest BCUT2D eigenvalue weighted by atomic mass is 9.87. The van der Waals surface area contributed by atoms with Crippen LogP contribution in [-0.4, -0.2) is 39.5 Å². The third kappa shape index (κ3) is 4.27. The fourth-order valence-corrected chi connectivity index (χ4v) is 4.83. The van der Waals surface area contributed by atoms with E-state index in [4.69, 9.17) is 16.7 Å². The number of carboxylic acid groups (broad SMARTS) is 1. The normalized spacial score (nSPS) is 19.6. The van der Waals surface area contributed by atoms with Crippen molar-refractivity contribution >= 4 is 34.5 Å². The van der Waals surface area contributed by atoms with Crippen LogP contribution >= 0.6 is 11.6 Å². The van der Waals surface area contributed by atoms with E-state index in [1.54, 1.807) is 4.90 Å². The third-order valence-electron chi connectivity index (χ3n) is 5.77. The minimum atomic E-state index is -3.00. The van der Waals surface area contributed by atoms with Crippen molar-refractivity contribution in [2.75, 3.05) is 6.54 Å². The standard InChI is InChI=1S/C24H22ClF3N2O2/c1-13-9-16-15-5-3-4-6-19(15)29-22(16)23(30(13)12-24(2,27)28)21-17(25)10-14(11-18(21)26)7-8-20(31)32/h3-8,10-11,13,23,29H,9,12H2,1-2H3,(H,31,32)/b8-7+/t13-,23-/m1/s1. The molecule has 1 aliphatic rings. The van der Waals surface area contributed by atoms with E-state index >= 15 is 4.39 Å². The summed E-state index contributed by atoms with van der Waals surface area (Å²) in [6, 6.07) is 9.10. The summed E-state index contributed by atoms with van der Waals surface area (Å²) in [5.41, 5.74) is 2.80. The van der Waals surface area contributed by atoms with E-state index in [0.717, 1.165) is 29.5 Å². The molecule has 0 saturated carbocycles. The highest BCUT2D eigenvalue weighted by molar-refractivity contribution is 6.31. The second-order valence-corrected chi connectivity index (χ2v) is 8.74. The van der Waals surface area contributed by atoms with Crippen molar-refractivity contribution in [3.05, 3.63) is 75.7 Å². The number of hydrogen-bond donors (Lipinski definition) is 2. The first-order chi connectivity index (χ1) is 15.0. The lowest BCUT2D eigenvalue weighted by molar-refractivity contribution is -0.131. The molecule has 1 aliphatic heterocycles. The molecule has 2 aromatic carbocycles. The van der Waals surface area contributed by atoms with E-state index in [1.165, 1.54) is 18.2 Å². The van der Waals surface area contributed by atoms with Crippen LogP contribution in [0.1, 0.15) is 42.3 Å². The van der Waals surface area contributed by atoms with Crippen molar-refractivity contribution in [2.24, 2.45) is 0 Å². The van der Waals surface area contributed by atoms with Crippen molar-refractivity contribution in [3.8, 4) is 0 Å². The molecule has 0 amide bonds. The number of hydrogen-bond acceptors (Lipinski definition) is 2. The molecule has 3 aromatic rings. The Kier molecular flexibility index (Phi) is 5.81. The van der Waals surface area contributed by atoms with Crippen LogP contribution < -0.4 is 0 Å². The van der Waals surface area contributed by atoms with Crippen LogP contribution in [0.4, 0.5) is 13.2 Å². The monoisotopic (exact) mass is 462 g/mol. The van der Waals surface area contributed by atoms with Gasteiger partial charge in [0.2, 0.25) is 0 Å². The number of H-pyrrole nitrogens is 1. The maximum atomic E-state index is 15.4. The van der Waals surface area contributed by atoms with Gasteiger partial charge in [0.25, 0.3) is 5.92 Å². The van der Waals surface area contributed by atoms with Crippen LogP contribution in [0.25, 0.3) is 17.0 Å². The molecule has 168 valence electrons. The molecule has 4 rings (SSSR count). The number of carboxylic acids is 1. The van der Waals surface area contributed by atoms with Crippen LogP contribution in [0.3, 0.4) is 0 Å². The average Bonchev–Trinajstić information content (AvgIpc) is 3.05. The molecule has 2 N–H and O–H groups in total. The number of rotatable bonds is 5. The van der Waals surface area contributed by atoms with Gasteiger partial charge < -0.3 is 10.1 Å². The molecule has 2 heterocycles. The van der Waals surface area contributed by atoms with Gasteiger partial charge in [0.1, 0.15) is 5.82 Å². The molecule has 0 aliphatic carbocycles. The number of alkyl halides is 2. The molecule has 4 nitrogen and oxygen atoms in total. The summed E-state index contributed by atoms with van der Waals surface area (Å²) in [6.07, 6.45) is 2.65. The predicted octanol–water partition coefficient (Wildman–Crippen LogP) is 6.05. The van der Waals surface area contributed by atoms with Crippen molar-refractivity contribution in [3.63, 3.8) is 0 Å². The van der Waals surface area contributed by atoms with Crippen molar-refractivity contribution < 1.29 is 23.1 Å². The SMILES string of the molecule is C[C@@H]1Cc2c([nH]c3ccccc23)[C@@H](c2c(F)cc(/C=C/C(=O)O)cc2Cl)N1CC(C)(F)F. The fourth-order valence-electron chi connectivity index (χ4n) is 4.51. The van der Waals surface area contributed by atoms with E-state index in [-0.39, 0.29) is 22.2 Å². The molecular formula is C24H22ClF3N2O2. The fraction of sp³-hybridized carbons (Fsp3) is 0.292. The molecule has 0 unspecified atom stereocenters. The van der Waals surface area contributed by atoms with Crippen LogP contribution in [-0.2, 0) is 11.2 Å². The number of aromatic amines is 1. The summed E-state index contributed by atoms with van der Waals surface area (Å²) in [5.74, 6) is -4.86. The van der Waals surface area contributed by atoms with E-state index in [1.807, 2.05) is 31.2 Å². The molecule has 1 aromatic heterocycles. The zero-order valence-corrected chi connectivity index (χ0v) is 18.3. The topological polar surface area (TPSA) is 56.3 Å². The smallest absolute Gasteiger partial charge is 0.328 e. The Morgan fingerprint density at radius 1 is 1.34 bits per heavy atom. The van der Waals surface area contributed by atoms with Crippen molar-refractivity contribution in [1.29, 1.82) is 0 Å². The zero-order chi connectivity index (χ0) is 23.2. The molecule has 0 fully saturated rings. The van der Waals surface area contributed by atoms with Gasteiger partial charge >= 0.3 is 5.97 Å². The number of benzene rings is 2. The Bertz CT molecular complexity index is 1190. The van der Waals surface area contributed by atoms with E-state index in [9.17, 15) is 13.6 Å². The Morgan fingerprint density at radius 3 is 2.72 bits per heavy atom. The zero-order valence-electron chi connectivity index (χ0n) is 17.5. The first kappa shape index (κ1) is 22.4. The van der Waals surface area contributed by atoms with E-state index < -0.39 is 30.3 Å². The molecule has 0 radical (unpaired) electrons. The van der Waals surface area contributed by atoms with Gasteiger partial charge in [-0.15, -0.1) is 0 Å². The quantitative estimate of drug-likeness (QED) is 0.454. The molecule has 0 spiro atoms. The van der Waals surface area contributed by atoms with Gasteiger partial charge in [0, 0.05) is 46.2 Å². The minimum Gasteiger partial charge on any atom is -0.478 e. The molecule has 0 saturated heterocycles. The van der Waals surface area contributed by atoms with Gasteiger partial charge in [-0.3, -0.25) is 4.90 Å². The number of halogens is 4. The van der Waals surface area contributed by atoms with Gasteiger partial charge in [0.15, 0.2) is 0 Å². The van der Waals surface area contributed by atoms with E-state index in [2.05, 4.69) is 4.98 Å². The first-order valence-electron chi connectivity index (χ1n) is 10.2. The Morgan fingerprint density at radius 2 is 2.06 bits per heavy atom. The Balaban J connectivity index is 1.92. The summed E-state index contributed by atoms with van der Waals surface area (Å²) in [4.78, 5) is 15.7. The highest BCUT2D eigenvalue weighted by Crippen LogP contribution is 2.44. The Labute approximate surface area is 188 Å². The lowest BCUT2D eigenvalue weighted by Crippen LogP contribution is -2.47. The van der Waals surface area contributed by atoms with Gasteiger partial charge in [-0.05, 0) is 48.7 Å². The third-order valence-corrected chi connectivity index (χ3v) is 6.08. The van der Waals surface area contributed by atoms with Gasteiger partial charge in [-0.1, -0.05) is 29.8 Å². The number of nitrogens with one attached hydrogen (secondary N) is 1. The maximum absolute atomic E-state index is 15.4. The van der Waals surface area contributed by atoms with Crippen LogP contribution in [0.5, 0.6) is 0 Å². The molecule has 32 heavy (non-hydrogen) atoms. The van der Waals surface area contributed by atoms with E-state index in [0.29, 0.717) is 12.1 Å². The summed E-state index contributed by atoms with van der Waals surface area (Å²) >= 11 is 6.48. The lowest BCUT2D eigenvalue weighted by Gasteiger charge is -2.42. The second-order valence-electron chi connectivity index (χ2n) is 8.33. The van der Waals surface area contributed by atoms with Gasteiger partial charge in [0.05, 0.1) is 12.6 Å². The Hall–Kier alpha value is -2.77. The highest BCUT2D eigenvalue weighted by atomic mass is 35.5. The van der Waals surface area contributed by atoms with Gasteiger partial charge in [-0.2, -0.15) is 0 Å². The number of carbonyl (C=O) groups is 1. The molecule has 0 bridgehead atoms. The minimum absolute atomic E-state index is 0.0446. The van der Waals surface area contributed by atoms with Crippen LogP contribution in [0.15, 0.2) is 42.5 Å². The van der Waals surface area contributed by atoms with Gasteiger partial charge in [-0.25, -0.2) is 18.0 Å². The number of aromatic nitrogens is 1. The largest absolute Gasteiger partial charge is 0.478 e. The first-order valence-corrected chi connectivity index (χ1v) is 10.6. The number of nitrogens with zero attached hydrogens (tertiary/aromatic N) is 1. The van der Waals surface area contributed by atoms with Crippen molar-refractivity contribution in [1.82, 2.24) is 9.88 Å². The highest BCUT2D eigenvalue weighted by Gasteiger charge is 2.41. The second kappa shape index (κ2) is 8.30. The summed E-state index contributed by atoms with van der Waals surface area (Å²) in [7, 11) is 0. The summed E-state index contributed by atoms with van der Waals surface area (Å²) in [5, 5.41) is 9.84. The average molecular weight is 463 g/mol. The molecule has 2 atom stereocenters. The number of fused-ring (bicyclic) bond motifs is 3. The maximum Gasteiger partial charge on any atom is 0.328 e. The molecular weight excluding hydrogens is 441 g/mol. The van der Waals surface area contributed by atoms with Crippen LogP contribution in [0, 0.1) is 5.82 Å². The molecule has 8 heteroatoms. The summed E-state index contributed by atoms with van der Waals surface area (Å²) in [6.45, 7) is 2.12.